The van der Waals surface area contributed by atoms with Crippen molar-refractivity contribution in [1.29, 1.82) is 0 Å². The number of hydrogen-bond donors (Lipinski definition) is 4. The quantitative estimate of drug-likeness (QED) is 0.335. The molecule has 0 atom stereocenters. The molecule has 0 aromatic rings. The van der Waals surface area contributed by atoms with Crippen molar-refractivity contribution in [2.24, 2.45) is 0 Å². The van der Waals surface area contributed by atoms with Crippen molar-refractivity contribution >= 4 is 14.6 Å². The minimum absolute atomic E-state index is 0. The first-order valence-electron chi connectivity index (χ1n) is 1.37. The van der Waals surface area contributed by atoms with E-state index in [1.54, 1.807) is 0 Å². The van der Waals surface area contributed by atoms with E-state index in [0.29, 0.717) is 0 Å². The van der Waals surface area contributed by atoms with Gasteiger partial charge in [-0.15, -0.1) is 0 Å². The van der Waals surface area contributed by atoms with Crippen LogP contribution in [-0.2, 0) is 9.13 Å². The van der Waals surface area contributed by atoms with Crippen LogP contribution in [0.1, 0.15) is 0 Å². The molecule has 0 unspecified atom stereocenters. The summed E-state index contributed by atoms with van der Waals surface area (Å²) in [6, 6.07) is 0. The smallest absolute Gasteiger partial charge is 0.412 e. The molecule has 12 nitrogen and oxygen atoms in total. The van der Waals surface area contributed by atoms with E-state index in [2.05, 4.69) is 0 Å². The molecule has 0 aliphatic rings. The van der Waals surface area contributed by atoms with Crippen LogP contribution >= 0.6 is 14.6 Å². The maximum Gasteiger partial charge on any atom is 0.435 e. The first-order valence-corrected chi connectivity index (χ1v) is 5.30. The summed E-state index contributed by atoms with van der Waals surface area (Å²) in [6.45, 7) is 0. The third-order valence-corrected chi connectivity index (χ3v) is 3.05. The van der Waals surface area contributed by atoms with Crippen LogP contribution in [0.3, 0.4) is 0 Å². The molecule has 0 radical (unpaired) electrons. The summed E-state index contributed by atoms with van der Waals surface area (Å²) in [5, 5.41) is 0. The monoisotopic (exact) mass is 270 g/mol. The van der Waals surface area contributed by atoms with E-state index in [-0.39, 0.29) is 32.9 Å². The van der Waals surface area contributed by atoms with Crippen molar-refractivity contribution in [1.82, 2.24) is 0 Å². The Morgan fingerprint density at radius 3 is 0.571 bits per heavy atom. The second-order valence-electron chi connectivity index (χ2n) is 1.03. The van der Waals surface area contributed by atoms with E-state index in [0.717, 1.165) is 0 Å². The van der Waals surface area contributed by atoms with E-state index in [4.69, 9.17) is 19.6 Å². The van der Waals surface area contributed by atoms with Gasteiger partial charge in [0.15, 0.2) is 0 Å². The highest BCUT2D eigenvalue weighted by Gasteiger charge is 2.37. The zero-order valence-corrected chi connectivity index (χ0v) is 8.29. The third-order valence-electron chi connectivity index (χ3n) is 0.339. The van der Waals surface area contributed by atoms with Crippen LogP contribution in [-0.4, -0.2) is 52.4 Å². The lowest BCUT2D eigenvalue weighted by molar-refractivity contribution is 0.340. The molecule has 0 heterocycles. The van der Waals surface area contributed by atoms with Gasteiger partial charge in [0.25, 0.3) is 0 Å². The summed E-state index contributed by atoms with van der Waals surface area (Å²) in [5.74, 6) is 0. The van der Waals surface area contributed by atoms with E-state index < -0.39 is 14.6 Å². The Hall–Kier alpha value is 0.0600. The van der Waals surface area contributed by atoms with Gasteiger partial charge in [-0.05, 0) is 0 Å². The molecule has 0 aromatic carbocycles. The molecule has 0 amide bonds. The van der Waals surface area contributed by atoms with E-state index in [9.17, 15) is 9.13 Å². The van der Waals surface area contributed by atoms with Crippen molar-refractivity contribution in [2.45, 2.75) is 0 Å². The molecule has 0 rings (SSSR count). The van der Waals surface area contributed by atoms with Gasteiger partial charge in [0.1, 0.15) is 0 Å². The molecule has 0 aliphatic heterocycles. The first-order chi connectivity index (χ1) is 3.25. The van der Waals surface area contributed by atoms with Gasteiger partial charge < -0.3 is 52.4 Å². The topological polar surface area (TPSA) is 304 Å². The van der Waals surface area contributed by atoms with E-state index in [1.165, 1.54) is 0 Å². The standard InChI is InChI=1S/H4O6P2.6H2O/c1-7(2,3)8(4,5)6;;;;;;/h(H2,1,2,3)(H2,4,5,6);6*1H2. The third kappa shape index (κ3) is 18.0. The SMILES string of the molecule is O.O.O.O.O.O.O=P(O)(O)P(=O)(O)O. The zero-order chi connectivity index (χ0) is 7.00. The van der Waals surface area contributed by atoms with Gasteiger partial charge in [-0.25, -0.2) is 9.13 Å². The van der Waals surface area contributed by atoms with Crippen molar-refractivity contribution in [3.63, 3.8) is 0 Å². The second kappa shape index (κ2) is 13.1. The molecule has 14 heavy (non-hydrogen) atoms. The molecule has 0 aromatic heterocycles. The second-order valence-corrected chi connectivity index (χ2v) is 6.21. The molecular formula is H16O12P2. The summed E-state index contributed by atoms with van der Waals surface area (Å²) in [7, 11) is -10.4. The Balaban J connectivity index is -0.0000000163. The molecule has 0 spiro atoms. The average molecular weight is 270 g/mol. The van der Waals surface area contributed by atoms with Gasteiger partial charge in [-0.1, -0.05) is 0 Å². The predicted octanol–water partition coefficient (Wildman–Crippen LogP) is -5.69. The zero-order valence-electron chi connectivity index (χ0n) is 6.50. The van der Waals surface area contributed by atoms with Gasteiger partial charge in [-0.2, -0.15) is 0 Å². The molecule has 0 bridgehead atoms. The van der Waals surface area contributed by atoms with Crippen LogP contribution in [0.5, 0.6) is 0 Å². The van der Waals surface area contributed by atoms with Crippen LogP contribution in [0, 0.1) is 0 Å². The minimum atomic E-state index is -5.18. The summed E-state index contributed by atoms with van der Waals surface area (Å²) in [4.78, 5) is 30.8. The Kier molecular flexibility index (Phi) is 44.9. The van der Waals surface area contributed by atoms with Gasteiger partial charge in [0.2, 0.25) is 0 Å². The average Bonchev–Trinajstić information content (AvgIpc) is 1.25. The lowest BCUT2D eigenvalue weighted by Crippen LogP contribution is -1.78. The number of rotatable bonds is 1. The fraction of sp³-hybridized carbons (Fsp3) is 0. The Bertz CT molecular complexity index is 137. The highest BCUT2D eigenvalue weighted by molar-refractivity contribution is 8.26. The van der Waals surface area contributed by atoms with Crippen molar-refractivity contribution < 1.29 is 61.6 Å². The molecule has 0 saturated carbocycles. The van der Waals surface area contributed by atoms with Crippen LogP contribution in [0.25, 0.3) is 0 Å². The predicted molar refractivity (Wildman–Crippen MR) is 45.8 cm³/mol. The van der Waals surface area contributed by atoms with Gasteiger partial charge >= 0.3 is 14.6 Å². The molecule has 0 aliphatic carbocycles. The maximum absolute atomic E-state index is 9.58. The van der Waals surface area contributed by atoms with Gasteiger partial charge in [0.05, 0.1) is 0 Å². The highest BCUT2D eigenvalue weighted by Crippen LogP contribution is 2.71. The summed E-state index contributed by atoms with van der Waals surface area (Å²) >= 11 is 0. The van der Waals surface area contributed by atoms with E-state index in [1.807, 2.05) is 0 Å². The summed E-state index contributed by atoms with van der Waals surface area (Å²) in [6.07, 6.45) is 0. The normalized spacial score (nSPS) is 8.00. The Morgan fingerprint density at radius 1 is 0.500 bits per heavy atom. The van der Waals surface area contributed by atoms with Crippen LogP contribution < -0.4 is 0 Å². The largest absolute Gasteiger partial charge is 0.435 e. The molecule has 14 heteroatoms. The molecule has 98 valence electrons. The Morgan fingerprint density at radius 2 is 0.571 bits per heavy atom. The minimum Gasteiger partial charge on any atom is -0.412 e. The van der Waals surface area contributed by atoms with Crippen LogP contribution in [0.2, 0.25) is 0 Å². The molecule has 0 fully saturated rings. The summed E-state index contributed by atoms with van der Waals surface area (Å²) < 4.78 is 19.2. The maximum atomic E-state index is 9.58. The van der Waals surface area contributed by atoms with Crippen LogP contribution in [0.15, 0.2) is 0 Å². The lowest BCUT2D eigenvalue weighted by Gasteiger charge is -2.02. The molecule has 0 saturated heterocycles. The Labute approximate surface area is 77.3 Å². The van der Waals surface area contributed by atoms with Gasteiger partial charge in [0, 0.05) is 0 Å². The van der Waals surface area contributed by atoms with E-state index >= 15 is 0 Å². The molecular weight excluding hydrogens is 254 g/mol. The van der Waals surface area contributed by atoms with Crippen molar-refractivity contribution in [2.75, 3.05) is 0 Å². The van der Waals surface area contributed by atoms with Crippen molar-refractivity contribution in [3.8, 4) is 0 Å². The van der Waals surface area contributed by atoms with Crippen LogP contribution in [0.4, 0.5) is 0 Å². The lowest BCUT2D eigenvalue weighted by atomic mass is 15.8. The number of hydrogen-bond acceptors (Lipinski definition) is 2. The first kappa shape index (κ1) is 48.1. The fourth-order valence-corrected chi connectivity index (χ4v) is 0. The summed E-state index contributed by atoms with van der Waals surface area (Å²) in [5.41, 5.74) is 0. The van der Waals surface area contributed by atoms with Gasteiger partial charge in [-0.3, -0.25) is 0 Å². The molecule has 16 N–H and O–H groups in total. The van der Waals surface area contributed by atoms with Crippen molar-refractivity contribution in [3.05, 3.63) is 0 Å². The highest BCUT2D eigenvalue weighted by atomic mass is 32.1. The fourth-order valence-electron chi connectivity index (χ4n) is 0.